The molecule has 6 heteroatoms. The van der Waals surface area contributed by atoms with Gasteiger partial charge in [0.1, 0.15) is 22.4 Å². The summed E-state index contributed by atoms with van der Waals surface area (Å²) in [6.07, 6.45) is 0. The molecule has 5 nitrogen and oxygen atoms in total. The molecule has 17 heavy (non-hydrogen) atoms. The van der Waals surface area contributed by atoms with E-state index in [1.807, 2.05) is 0 Å². The van der Waals surface area contributed by atoms with Crippen molar-refractivity contribution in [3.63, 3.8) is 0 Å². The molecule has 88 valence electrons. The molecule has 0 atom stereocenters. The van der Waals surface area contributed by atoms with Crippen LogP contribution in [0.5, 0.6) is 0 Å². The van der Waals surface area contributed by atoms with E-state index in [4.69, 9.17) is 4.42 Å². The van der Waals surface area contributed by atoms with Crippen molar-refractivity contribution in [3.05, 3.63) is 34.2 Å². The number of ether oxygens (including phenoxy) is 1. The fraction of sp³-hybridized carbons (Fsp3) is 0.0909. The van der Waals surface area contributed by atoms with Crippen LogP contribution >= 0.6 is 11.3 Å². The van der Waals surface area contributed by atoms with Crippen molar-refractivity contribution < 1.29 is 23.8 Å². The van der Waals surface area contributed by atoms with Gasteiger partial charge in [0.2, 0.25) is 0 Å². The molecule has 0 aliphatic heterocycles. The van der Waals surface area contributed by atoms with Gasteiger partial charge >= 0.3 is 5.97 Å². The topological polar surface area (TPSA) is 79.6 Å². The van der Waals surface area contributed by atoms with Gasteiger partial charge in [-0.3, -0.25) is 0 Å². The lowest BCUT2D eigenvalue weighted by Gasteiger charge is -1.99. The second-order valence-electron chi connectivity index (χ2n) is 3.11. The first-order valence-corrected chi connectivity index (χ1v) is 5.49. The van der Waals surface area contributed by atoms with Gasteiger partial charge in [-0.25, -0.2) is 4.79 Å². The number of carboxylic acid groups (broad SMARTS) is 1. The number of hydrogen-bond donors (Lipinski definition) is 0. The van der Waals surface area contributed by atoms with Crippen molar-refractivity contribution in [1.82, 2.24) is 0 Å². The summed E-state index contributed by atoms with van der Waals surface area (Å²) < 4.78 is 9.67. The molecule has 0 spiro atoms. The average Bonchev–Trinajstić information content (AvgIpc) is 2.95. The zero-order chi connectivity index (χ0) is 12.4. The summed E-state index contributed by atoms with van der Waals surface area (Å²) in [7, 11) is 1.28. The first-order valence-electron chi connectivity index (χ1n) is 4.61. The highest BCUT2D eigenvalue weighted by Crippen LogP contribution is 2.30. The lowest BCUT2D eigenvalue weighted by Crippen LogP contribution is -2.21. The number of aromatic carboxylic acids is 1. The number of hydrogen-bond acceptors (Lipinski definition) is 6. The Kier molecular flexibility index (Phi) is 2.97. The molecule has 0 saturated heterocycles. The molecule has 0 N–H and O–H groups in total. The largest absolute Gasteiger partial charge is 0.542 e. The summed E-state index contributed by atoms with van der Waals surface area (Å²) in [5, 5.41) is 12.3. The van der Waals surface area contributed by atoms with Crippen molar-refractivity contribution >= 4 is 23.3 Å². The third kappa shape index (κ3) is 2.07. The van der Waals surface area contributed by atoms with Crippen molar-refractivity contribution in [3.8, 4) is 11.3 Å². The lowest BCUT2D eigenvalue weighted by atomic mass is 10.2. The maximum absolute atomic E-state index is 11.4. The van der Waals surface area contributed by atoms with E-state index in [1.54, 1.807) is 11.4 Å². The average molecular weight is 251 g/mol. The predicted molar refractivity (Wildman–Crippen MR) is 57.7 cm³/mol. The first kappa shape index (κ1) is 11.4. The molecule has 0 bridgehead atoms. The fourth-order valence-corrected chi connectivity index (χ4v) is 2.16. The van der Waals surface area contributed by atoms with E-state index in [2.05, 4.69) is 4.74 Å². The zero-order valence-electron chi connectivity index (χ0n) is 8.76. The molecule has 2 aromatic heterocycles. The number of methoxy groups -OCH3 is 1. The van der Waals surface area contributed by atoms with Gasteiger partial charge in [0.15, 0.2) is 0 Å². The highest BCUT2D eigenvalue weighted by molar-refractivity contribution is 7.12. The van der Waals surface area contributed by atoms with Gasteiger partial charge in [-0.15, -0.1) is 11.3 Å². The van der Waals surface area contributed by atoms with Gasteiger partial charge in [-0.2, -0.15) is 0 Å². The van der Waals surface area contributed by atoms with E-state index in [9.17, 15) is 14.7 Å². The Morgan fingerprint density at radius 2 is 2.12 bits per heavy atom. The van der Waals surface area contributed by atoms with Crippen LogP contribution in [0.4, 0.5) is 0 Å². The molecule has 0 aliphatic carbocycles. The Morgan fingerprint density at radius 1 is 1.35 bits per heavy atom. The van der Waals surface area contributed by atoms with Crippen LogP contribution in [0, 0.1) is 0 Å². The van der Waals surface area contributed by atoms with Gasteiger partial charge in [0.25, 0.3) is 0 Å². The smallest absolute Gasteiger partial charge is 0.348 e. The van der Waals surface area contributed by atoms with Crippen LogP contribution in [0.3, 0.4) is 0 Å². The second-order valence-corrected chi connectivity index (χ2v) is 4.02. The molecule has 0 saturated carbocycles. The second kappa shape index (κ2) is 4.42. The van der Waals surface area contributed by atoms with Crippen LogP contribution in [-0.2, 0) is 4.74 Å². The van der Waals surface area contributed by atoms with Crippen LogP contribution in [0.1, 0.15) is 20.2 Å². The molecular weight excluding hydrogens is 244 g/mol. The number of rotatable bonds is 3. The van der Waals surface area contributed by atoms with Crippen molar-refractivity contribution in [2.45, 2.75) is 0 Å². The van der Waals surface area contributed by atoms with Crippen molar-refractivity contribution in [1.29, 1.82) is 0 Å². The standard InChI is InChI=1S/C11H8O5S/c1-15-11(14)9-6(4-5-17-9)7-2-3-8(16-7)10(12)13/h2-5H,1H3,(H,12,13)/p-1. The van der Waals surface area contributed by atoms with Gasteiger partial charge < -0.3 is 19.1 Å². The molecule has 2 rings (SSSR count). The third-order valence-electron chi connectivity index (χ3n) is 2.11. The minimum Gasteiger partial charge on any atom is -0.542 e. The Labute approximate surface area is 100 Å². The Morgan fingerprint density at radius 3 is 2.71 bits per heavy atom. The number of esters is 1. The normalized spacial score (nSPS) is 10.2. The van der Waals surface area contributed by atoms with E-state index >= 15 is 0 Å². The Bertz CT molecular complexity index is 566. The lowest BCUT2D eigenvalue weighted by molar-refractivity contribution is -0.257. The molecule has 0 fully saturated rings. The highest BCUT2D eigenvalue weighted by Gasteiger charge is 2.17. The first-order chi connectivity index (χ1) is 8.13. The van der Waals surface area contributed by atoms with E-state index < -0.39 is 11.9 Å². The van der Waals surface area contributed by atoms with E-state index in [-0.39, 0.29) is 5.76 Å². The molecule has 0 radical (unpaired) electrons. The quantitative estimate of drug-likeness (QED) is 0.765. The molecule has 0 amide bonds. The zero-order valence-corrected chi connectivity index (χ0v) is 9.58. The van der Waals surface area contributed by atoms with Gasteiger partial charge in [-0.05, 0) is 23.6 Å². The third-order valence-corrected chi connectivity index (χ3v) is 3.00. The Balaban J connectivity index is 2.42. The fourth-order valence-electron chi connectivity index (χ4n) is 1.35. The van der Waals surface area contributed by atoms with Gasteiger partial charge in [0, 0.05) is 5.56 Å². The highest BCUT2D eigenvalue weighted by atomic mass is 32.1. The van der Waals surface area contributed by atoms with Crippen molar-refractivity contribution in [2.24, 2.45) is 0 Å². The number of furan rings is 1. The number of carbonyl (C=O) groups excluding carboxylic acids is 2. The minimum absolute atomic E-state index is 0.276. The van der Waals surface area contributed by atoms with Crippen molar-refractivity contribution in [2.75, 3.05) is 7.11 Å². The molecule has 2 heterocycles. The van der Waals surface area contributed by atoms with Crippen LogP contribution in [0.25, 0.3) is 11.3 Å². The summed E-state index contributed by atoms with van der Waals surface area (Å²) in [6.45, 7) is 0. The molecule has 0 aromatic carbocycles. The van der Waals surface area contributed by atoms with E-state index in [0.717, 1.165) is 0 Å². The summed E-state index contributed by atoms with van der Waals surface area (Å²) in [6, 6.07) is 4.41. The SMILES string of the molecule is COC(=O)c1sccc1-c1ccc(C(=O)[O-])o1. The monoisotopic (exact) mass is 251 g/mol. The summed E-state index contributed by atoms with van der Waals surface area (Å²) in [5.41, 5.74) is 0.509. The molecule has 0 unspecified atom stereocenters. The van der Waals surface area contributed by atoms with Crippen LogP contribution < -0.4 is 5.11 Å². The molecule has 0 aliphatic rings. The number of carboxylic acids is 1. The molecule has 2 aromatic rings. The summed E-state index contributed by atoms with van der Waals surface area (Å²) in [5.74, 6) is -1.86. The van der Waals surface area contributed by atoms with Crippen LogP contribution in [-0.4, -0.2) is 19.0 Å². The van der Waals surface area contributed by atoms with Crippen LogP contribution in [0.15, 0.2) is 28.0 Å². The predicted octanol–water partition coefficient (Wildman–Crippen LogP) is 1.16. The Hall–Kier alpha value is -2.08. The maximum Gasteiger partial charge on any atom is 0.348 e. The molecular formula is C11H7O5S-. The van der Waals surface area contributed by atoms with Gasteiger partial charge in [-0.1, -0.05) is 0 Å². The van der Waals surface area contributed by atoms with E-state index in [0.29, 0.717) is 16.2 Å². The van der Waals surface area contributed by atoms with E-state index in [1.165, 1.54) is 30.6 Å². The number of carbonyl (C=O) groups is 2. The van der Waals surface area contributed by atoms with Crippen LogP contribution in [0.2, 0.25) is 0 Å². The maximum atomic E-state index is 11.4. The number of thiophene rings is 1. The summed E-state index contributed by atoms with van der Waals surface area (Å²) >= 11 is 1.20. The minimum atomic E-state index is -1.40. The van der Waals surface area contributed by atoms with Gasteiger partial charge in [0.05, 0.1) is 7.11 Å². The summed E-state index contributed by atoms with van der Waals surface area (Å²) in [4.78, 5) is 22.4.